The lowest BCUT2D eigenvalue weighted by atomic mass is 9.79. The summed E-state index contributed by atoms with van der Waals surface area (Å²) in [6, 6.07) is 4.57. The number of hydrogen-bond acceptors (Lipinski definition) is 7. The molecule has 1 amide bonds. The van der Waals surface area contributed by atoms with Crippen molar-refractivity contribution in [3.05, 3.63) is 67.5 Å². The van der Waals surface area contributed by atoms with Crippen LogP contribution in [0.3, 0.4) is 0 Å². The highest BCUT2D eigenvalue weighted by Crippen LogP contribution is 2.30. The monoisotopic (exact) mass is 621 g/mol. The van der Waals surface area contributed by atoms with Crippen LogP contribution in [0.5, 0.6) is 0 Å². The quantitative estimate of drug-likeness (QED) is 0.157. The molecule has 43 heavy (non-hydrogen) atoms. The summed E-state index contributed by atoms with van der Waals surface area (Å²) >= 11 is 1.65. The fourth-order valence-corrected chi connectivity index (χ4v) is 5.66. The van der Waals surface area contributed by atoms with Gasteiger partial charge in [0.2, 0.25) is 0 Å². The van der Waals surface area contributed by atoms with Gasteiger partial charge in [0.05, 0.1) is 7.11 Å². The Morgan fingerprint density at radius 1 is 1.07 bits per heavy atom. The maximum absolute atomic E-state index is 13.4. The zero-order valence-electron chi connectivity index (χ0n) is 27.7. The number of methoxy groups -OCH3 is 1. The van der Waals surface area contributed by atoms with Crippen molar-refractivity contribution in [2.75, 3.05) is 7.11 Å². The number of nitrogens with one attached hydrogen (secondary N) is 1. The van der Waals surface area contributed by atoms with Gasteiger partial charge in [-0.2, -0.15) is 4.39 Å². The number of aryl methyl sites for hydroxylation is 2. The van der Waals surface area contributed by atoms with E-state index in [2.05, 4.69) is 23.0 Å². The van der Waals surface area contributed by atoms with Gasteiger partial charge in [-0.3, -0.25) is 14.9 Å². The van der Waals surface area contributed by atoms with Crippen molar-refractivity contribution in [1.29, 1.82) is 0 Å². The number of hydrogen-bond donors (Lipinski definition) is 1. The van der Waals surface area contributed by atoms with E-state index in [0.717, 1.165) is 11.3 Å². The molecule has 0 aliphatic heterocycles. The van der Waals surface area contributed by atoms with Crippen LogP contribution < -0.4 is 10.9 Å². The molecule has 1 N–H and O–H groups in total. The molecule has 0 fully saturated rings. The summed E-state index contributed by atoms with van der Waals surface area (Å²) in [4.78, 5) is 50.2. The predicted molar refractivity (Wildman–Crippen MR) is 174 cm³/mol. The van der Waals surface area contributed by atoms with E-state index in [1.54, 1.807) is 30.4 Å². The molecule has 242 valence electrons. The van der Waals surface area contributed by atoms with Crippen LogP contribution in [0.25, 0.3) is 0 Å². The first-order valence-electron chi connectivity index (χ1n) is 15.4. The highest BCUT2D eigenvalue weighted by Gasteiger charge is 2.30. The third kappa shape index (κ3) is 13.8. The van der Waals surface area contributed by atoms with Gasteiger partial charge < -0.3 is 9.15 Å². The molecule has 0 aliphatic carbocycles. The molecule has 0 spiro atoms. The van der Waals surface area contributed by atoms with Crippen molar-refractivity contribution >= 4 is 29.3 Å². The number of amides is 1. The lowest BCUT2D eigenvalue weighted by molar-refractivity contribution is -0.129. The minimum Gasteiger partial charge on any atom is -0.453 e. The molecule has 0 radical (unpaired) electrons. The van der Waals surface area contributed by atoms with Crippen LogP contribution in [0.4, 0.5) is 9.18 Å². The summed E-state index contributed by atoms with van der Waals surface area (Å²) in [7, 11) is 1.29. The maximum Gasteiger partial charge on any atom is 0.410 e. The van der Waals surface area contributed by atoms with Crippen LogP contribution >= 0.6 is 11.3 Å². The SMILES string of the molecule is CC.CC.COC(=O)N/C=C/CCC(C)c1cc(C)c(C(=O)C(C)C(C)C(C)Cc2ccc(CCCC(=O)F)s2)c(=O)o1. The first kappa shape index (κ1) is 39.9. The number of ether oxygens (including phenoxy) is 1. The van der Waals surface area contributed by atoms with Crippen molar-refractivity contribution < 1.29 is 27.9 Å². The van der Waals surface area contributed by atoms with Gasteiger partial charge in [-0.25, -0.2) is 9.59 Å². The van der Waals surface area contributed by atoms with Crippen molar-refractivity contribution in [1.82, 2.24) is 5.32 Å². The minimum atomic E-state index is -1.28. The molecule has 0 bridgehead atoms. The Labute approximate surface area is 261 Å². The molecule has 0 aromatic carbocycles. The standard InChI is InChI=1S/C30H40FNO6S.2C2H6/c1-18(10-7-8-15-32-30(36)37-6)25-17-20(3)27(29(35)38-25)28(34)22(5)21(4)19(2)16-24-14-13-23(39-24)11-9-12-26(31)33;2*1-2/h8,13-15,17-19,21-22H,7,9-12,16H2,1-6H3,(H,32,36);2*1-2H3/b15-8+;;. The second-order valence-corrected chi connectivity index (χ2v) is 11.5. The number of allylic oxidation sites excluding steroid dienone is 1. The number of alkyl carbamates (subject to hydrolysis) is 1. The molecule has 4 unspecified atom stereocenters. The number of carbonyl (C=O) groups is 3. The summed E-state index contributed by atoms with van der Waals surface area (Å²) in [5.41, 5.74) is 0.119. The van der Waals surface area contributed by atoms with Gasteiger partial charge in [-0.05, 0) is 74.6 Å². The molecular weight excluding hydrogens is 569 g/mol. The molecule has 2 aromatic rings. The normalized spacial score (nSPS) is 13.5. The number of halogens is 1. The highest BCUT2D eigenvalue weighted by molar-refractivity contribution is 7.12. The van der Waals surface area contributed by atoms with Gasteiger partial charge in [-0.15, -0.1) is 11.3 Å². The van der Waals surface area contributed by atoms with E-state index in [-0.39, 0.29) is 41.4 Å². The molecule has 2 rings (SSSR count). The molecule has 9 heteroatoms. The topological polar surface area (TPSA) is 103 Å². The van der Waals surface area contributed by atoms with Crippen LogP contribution in [0, 0.1) is 24.7 Å². The van der Waals surface area contributed by atoms with Crippen molar-refractivity contribution in [2.24, 2.45) is 17.8 Å². The van der Waals surface area contributed by atoms with Gasteiger partial charge in [-0.1, -0.05) is 61.5 Å². The summed E-state index contributed by atoms with van der Waals surface area (Å²) in [6.45, 7) is 17.7. The van der Waals surface area contributed by atoms with E-state index >= 15 is 0 Å². The third-order valence-corrected chi connectivity index (χ3v) is 8.47. The van der Waals surface area contributed by atoms with Gasteiger partial charge in [0.25, 0.3) is 0 Å². The minimum absolute atomic E-state index is 0.0231. The number of Topliss-reactive ketones (excluding diaryl/α,β-unsaturated/α-hetero) is 1. The molecule has 2 aromatic heterocycles. The van der Waals surface area contributed by atoms with E-state index in [1.807, 2.05) is 54.5 Å². The first-order chi connectivity index (χ1) is 20.4. The van der Waals surface area contributed by atoms with E-state index < -0.39 is 17.8 Å². The van der Waals surface area contributed by atoms with E-state index in [4.69, 9.17) is 4.42 Å². The fourth-order valence-electron chi connectivity index (χ4n) is 4.46. The molecule has 7 nitrogen and oxygen atoms in total. The second kappa shape index (κ2) is 21.6. The van der Waals surface area contributed by atoms with Crippen LogP contribution in [-0.2, 0) is 22.4 Å². The van der Waals surface area contributed by atoms with Gasteiger partial charge in [0, 0.05) is 34.2 Å². The summed E-state index contributed by atoms with van der Waals surface area (Å²) in [6.07, 6.45) is 6.03. The van der Waals surface area contributed by atoms with Crippen LogP contribution in [0.2, 0.25) is 0 Å². The van der Waals surface area contributed by atoms with Crippen LogP contribution in [0.15, 0.2) is 39.7 Å². The van der Waals surface area contributed by atoms with Crippen molar-refractivity contribution in [2.45, 2.75) is 107 Å². The number of thiophene rings is 1. The Kier molecular flexibility index (Phi) is 20.1. The Morgan fingerprint density at radius 2 is 1.70 bits per heavy atom. The highest BCUT2D eigenvalue weighted by atomic mass is 32.1. The van der Waals surface area contributed by atoms with Gasteiger partial charge >= 0.3 is 17.8 Å². The zero-order chi connectivity index (χ0) is 33.1. The molecule has 2 heterocycles. The average molecular weight is 622 g/mol. The lowest BCUT2D eigenvalue weighted by Crippen LogP contribution is -2.29. The zero-order valence-corrected chi connectivity index (χ0v) is 28.5. The van der Waals surface area contributed by atoms with E-state index in [0.29, 0.717) is 37.0 Å². The Morgan fingerprint density at radius 3 is 2.28 bits per heavy atom. The molecule has 0 saturated carbocycles. The van der Waals surface area contributed by atoms with E-state index in [1.165, 1.54) is 18.2 Å². The molecule has 0 aliphatic rings. The first-order valence-corrected chi connectivity index (χ1v) is 16.2. The predicted octanol–water partition coefficient (Wildman–Crippen LogP) is 8.97. The third-order valence-electron chi connectivity index (χ3n) is 7.31. The smallest absolute Gasteiger partial charge is 0.410 e. The Hall–Kier alpha value is -3.07. The van der Waals surface area contributed by atoms with Crippen molar-refractivity contribution in [3.8, 4) is 0 Å². The Bertz CT molecular complexity index is 1220. The van der Waals surface area contributed by atoms with Crippen LogP contribution in [0.1, 0.15) is 118 Å². The van der Waals surface area contributed by atoms with Gasteiger partial charge in [0.1, 0.15) is 11.3 Å². The van der Waals surface area contributed by atoms with E-state index in [9.17, 15) is 23.6 Å². The largest absolute Gasteiger partial charge is 0.453 e. The lowest BCUT2D eigenvalue weighted by Gasteiger charge is -2.25. The number of ketones is 1. The number of carbonyl (C=O) groups excluding carboxylic acids is 3. The van der Waals surface area contributed by atoms with Gasteiger partial charge in [0.15, 0.2) is 5.78 Å². The van der Waals surface area contributed by atoms with Crippen molar-refractivity contribution in [3.63, 3.8) is 0 Å². The summed E-state index contributed by atoms with van der Waals surface area (Å²) in [5.74, 6) is 0.118. The Balaban J connectivity index is 0.00000422. The second-order valence-electron chi connectivity index (χ2n) is 10.3. The molecule has 0 saturated heterocycles. The average Bonchev–Trinajstić information content (AvgIpc) is 3.43. The molecule has 4 atom stereocenters. The maximum atomic E-state index is 13.4. The van der Waals surface area contributed by atoms with Crippen LogP contribution in [-0.4, -0.2) is 25.0 Å². The fraction of sp³-hybridized carbons (Fsp3) is 0.588. The summed E-state index contributed by atoms with van der Waals surface area (Å²) < 4.78 is 22.5. The number of rotatable bonds is 15. The summed E-state index contributed by atoms with van der Waals surface area (Å²) in [5, 5.41) is 2.46. The molecular formula is C34H52FNO6S.